The zero-order valence-corrected chi connectivity index (χ0v) is 7.49. The minimum absolute atomic E-state index is 0. The first-order valence-corrected chi connectivity index (χ1v) is 0.816. The number of halogens is 1. The molecule has 0 aromatic rings. The minimum atomic E-state index is 0. The van der Waals surface area contributed by atoms with Gasteiger partial charge in [-0.3, -0.25) is 0 Å². The Kier molecular flexibility index (Phi) is 156. The third-order valence-electron chi connectivity index (χ3n) is 0. The molecular weight excluding hydrogens is 156 g/mol. The topological polar surface area (TPSA) is 9.23 Å². The van der Waals surface area contributed by atoms with Crippen molar-refractivity contribution in [2.45, 2.75) is 0 Å². The van der Waals surface area contributed by atoms with Crippen LogP contribution in [-0.4, -0.2) is 37.3 Å². The van der Waals surface area contributed by atoms with Crippen LogP contribution in [0.5, 0.6) is 0 Å². The second-order valence-electron chi connectivity index (χ2n) is 0.408. The number of rotatable bonds is 0. The van der Waals surface area contributed by atoms with Gasteiger partial charge in [-0.15, -0.1) is 0 Å². The Labute approximate surface area is 66.4 Å². The van der Waals surface area contributed by atoms with Crippen molar-refractivity contribution in [1.82, 2.24) is 0 Å². The first-order chi connectivity index (χ1) is 1.41. The third-order valence-corrected chi connectivity index (χ3v) is 0. The van der Waals surface area contributed by atoms with Crippen LogP contribution >= 0.6 is 0 Å². The summed E-state index contributed by atoms with van der Waals surface area (Å²) in [6, 6.07) is 0. The number of ether oxygens (including phenoxy) is 1. The number of hydrogen-bond acceptors (Lipinski definition) is 1. The summed E-state index contributed by atoms with van der Waals surface area (Å²) in [4.78, 5) is 0. The van der Waals surface area contributed by atoms with E-state index in [1.807, 2.05) is 0 Å². The quantitative estimate of drug-likeness (QED) is 0.281. The summed E-state index contributed by atoms with van der Waals surface area (Å²) in [5.41, 5.74) is 0. The van der Waals surface area contributed by atoms with Gasteiger partial charge in [0.05, 0.1) is 0 Å². The van der Waals surface area contributed by atoms with E-state index >= 15 is 0 Å². The van der Waals surface area contributed by atoms with Crippen molar-refractivity contribution in [3.63, 3.8) is 0 Å². The van der Waals surface area contributed by atoms with Crippen LogP contribution in [0.2, 0.25) is 0 Å². The van der Waals surface area contributed by atoms with Gasteiger partial charge in [-0.1, -0.05) is 0 Å². The Morgan fingerprint density at radius 1 is 1.17 bits per heavy atom. The summed E-state index contributed by atoms with van der Waals surface area (Å²) in [6.07, 6.45) is 0. The van der Waals surface area contributed by atoms with E-state index in [1.54, 1.807) is 14.2 Å². The van der Waals surface area contributed by atoms with Crippen LogP contribution in [-0.2, 0) is 4.74 Å². The van der Waals surface area contributed by atoms with Crippen molar-refractivity contribution in [3.05, 3.63) is 7.43 Å². The van der Waals surface area contributed by atoms with Gasteiger partial charge in [-0.25, -0.2) is 0 Å². The van der Waals surface area contributed by atoms with E-state index in [4.69, 9.17) is 0 Å². The van der Waals surface area contributed by atoms with Crippen LogP contribution in [0.1, 0.15) is 0 Å². The van der Waals surface area contributed by atoms with E-state index in [1.165, 1.54) is 0 Å². The Balaban J connectivity index is -0.00000000667. The van der Waals surface area contributed by atoms with E-state index in [2.05, 4.69) is 4.74 Å². The third kappa shape index (κ3) is 63.3. The smallest absolute Gasteiger partial charge is 1.00 e. The SMILES string of the molecule is COC.[Br-].[CH3-].[Mg+2]. The van der Waals surface area contributed by atoms with Gasteiger partial charge in [0, 0.05) is 14.2 Å². The van der Waals surface area contributed by atoms with Crippen molar-refractivity contribution in [2.75, 3.05) is 14.2 Å². The van der Waals surface area contributed by atoms with Crippen molar-refractivity contribution in [1.29, 1.82) is 0 Å². The molecule has 36 valence electrons. The van der Waals surface area contributed by atoms with Crippen LogP contribution in [0.4, 0.5) is 0 Å². The molecule has 0 aliphatic rings. The van der Waals surface area contributed by atoms with E-state index in [0.717, 1.165) is 0 Å². The molecule has 0 aromatic heterocycles. The van der Waals surface area contributed by atoms with Gasteiger partial charge in [-0.05, 0) is 0 Å². The summed E-state index contributed by atoms with van der Waals surface area (Å²) >= 11 is 0. The summed E-state index contributed by atoms with van der Waals surface area (Å²) in [5.74, 6) is 0. The molecular formula is C3H9BrMgO. The van der Waals surface area contributed by atoms with Gasteiger partial charge in [0.2, 0.25) is 0 Å². The zero-order valence-electron chi connectivity index (χ0n) is 4.49. The molecule has 0 aromatic carbocycles. The van der Waals surface area contributed by atoms with Crippen molar-refractivity contribution in [2.24, 2.45) is 0 Å². The molecule has 0 N–H and O–H groups in total. The molecule has 0 amide bonds. The Morgan fingerprint density at radius 2 is 1.17 bits per heavy atom. The molecule has 0 spiro atoms. The van der Waals surface area contributed by atoms with E-state index in [-0.39, 0.29) is 47.5 Å². The van der Waals surface area contributed by atoms with Crippen LogP contribution < -0.4 is 17.0 Å². The molecule has 0 fully saturated rings. The fraction of sp³-hybridized carbons (Fsp3) is 0.667. The van der Waals surface area contributed by atoms with Gasteiger partial charge < -0.3 is 29.1 Å². The molecule has 0 heterocycles. The number of methoxy groups -OCH3 is 1. The summed E-state index contributed by atoms with van der Waals surface area (Å²) in [5, 5.41) is 0. The largest absolute Gasteiger partial charge is 2.00 e. The molecule has 6 heavy (non-hydrogen) atoms. The first-order valence-electron chi connectivity index (χ1n) is 0.816. The second-order valence-corrected chi connectivity index (χ2v) is 0.408. The molecule has 3 heteroatoms. The van der Waals surface area contributed by atoms with E-state index in [0.29, 0.717) is 0 Å². The van der Waals surface area contributed by atoms with E-state index < -0.39 is 0 Å². The van der Waals surface area contributed by atoms with Crippen LogP contribution in [0, 0.1) is 7.43 Å². The molecule has 0 saturated heterocycles. The fourth-order valence-electron chi connectivity index (χ4n) is 0. The average Bonchev–Trinajstić information content (AvgIpc) is 0.918. The molecule has 0 rings (SSSR count). The maximum absolute atomic E-state index is 4.25. The van der Waals surface area contributed by atoms with Crippen molar-refractivity contribution < 1.29 is 21.7 Å². The van der Waals surface area contributed by atoms with Crippen molar-refractivity contribution in [3.8, 4) is 0 Å². The van der Waals surface area contributed by atoms with Gasteiger partial charge in [0.1, 0.15) is 0 Å². The maximum atomic E-state index is 4.25. The molecule has 0 unspecified atom stereocenters. The van der Waals surface area contributed by atoms with E-state index in [9.17, 15) is 0 Å². The van der Waals surface area contributed by atoms with Crippen LogP contribution in [0.15, 0.2) is 0 Å². The van der Waals surface area contributed by atoms with Gasteiger partial charge in [0.25, 0.3) is 0 Å². The summed E-state index contributed by atoms with van der Waals surface area (Å²) < 4.78 is 4.25. The van der Waals surface area contributed by atoms with Crippen molar-refractivity contribution >= 4 is 23.1 Å². The van der Waals surface area contributed by atoms with Gasteiger partial charge in [-0.2, -0.15) is 0 Å². The van der Waals surface area contributed by atoms with Crippen LogP contribution in [0.25, 0.3) is 0 Å². The zero-order chi connectivity index (χ0) is 2.71. The minimum Gasteiger partial charge on any atom is -1.00 e. The monoisotopic (exact) mass is 164 g/mol. The maximum Gasteiger partial charge on any atom is 2.00 e. The molecule has 0 aliphatic carbocycles. The summed E-state index contributed by atoms with van der Waals surface area (Å²) in [6.45, 7) is 0. The molecule has 0 radical (unpaired) electrons. The first kappa shape index (κ1) is 27.0. The van der Waals surface area contributed by atoms with Gasteiger partial charge >= 0.3 is 23.1 Å². The number of hydrogen-bond donors (Lipinski definition) is 0. The molecule has 1 nitrogen and oxygen atoms in total. The molecule has 0 aliphatic heterocycles. The normalized spacial score (nSPS) is 3.00. The van der Waals surface area contributed by atoms with Crippen LogP contribution in [0.3, 0.4) is 0 Å². The Morgan fingerprint density at radius 3 is 1.17 bits per heavy atom. The summed E-state index contributed by atoms with van der Waals surface area (Å²) in [7, 11) is 3.25. The molecule has 0 atom stereocenters. The average molecular weight is 165 g/mol. The predicted molar refractivity (Wildman–Crippen MR) is 25.1 cm³/mol. The Hall–Kier alpha value is 1.21. The standard InChI is InChI=1S/C2H6O.CH3.BrH.Mg/c1-3-2;;;/h1-2H3;1H3;1H;/q;-1;;+2/p-1. The molecule has 0 bridgehead atoms. The van der Waals surface area contributed by atoms with Gasteiger partial charge in [0.15, 0.2) is 0 Å². The fourth-order valence-corrected chi connectivity index (χ4v) is 0. The molecule has 0 saturated carbocycles. The second kappa shape index (κ2) is 34.6. The predicted octanol–water partition coefficient (Wildman–Crippen LogP) is -2.66. The Bertz CT molecular complexity index is 10.8.